The minimum absolute atomic E-state index is 0.420. The Bertz CT molecular complexity index is 582. The van der Waals surface area contributed by atoms with E-state index in [1.165, 1.54) is 0 Å². The molecule has 6 heteroatoms. The van der Waals surface area contributed by atoms with Gasteiger partial charge in [0.25, 0.3) is 0 Å². The Morgan fingerprint density at radius 1 is 0.900 bits per heavy atom. The first-order valence-electron chi connectivity index (χ1n) is 5.82. The topological polar surface area (TPSA) is 44.5 Å². The highest BCUT2D eigenvalue weighted by molar-refractivity contribution is 9.11. The van der Waals surface area contributed by atoms with Crippen LogP contribution in [-0.2, 0) is 0 Å². The monoisotopic (exact) mass is 463 g/mol. The standard InChI is InChI=1S/C14H12Br3NO2/c15-9-7-10(16)14(11(17)8-9)20-6-5-19-13-4-2-1-3-12(13)18/h1-4,7-8H,5-6,18H2. The van der Waals surface area contributed by atoms with Gasteiger partial charge in [-0.1, -0.05) is 28.1 Å². The fourth-order valence-corrected chi connectivity index (χ4v) is 4.06. The van der Waals surface area contributed by atoms with E-state index in [0.29, 0.717) is 24.7 Å². The van der Waals surface area contributed by atoms with Gasteiger partial charge in [-0.05, 0) is 56.1 Å². The third-order valence-electron chi connectivity index (χ3n) is 2.47. The molecule has 0 saturated heterocycles. The Hall–Kier alpha value is -0.720. The van der Waals surface area contributed by atoms with E-state index >= 15 is 0 Å². The predicted octanol–water partition coefficient (Wildman–Crippen LogP) is 5.01. The number of hydrogen-bond acceptors (Lipinski definition) is 3. The number of benzene rings is 2. The minimum atomic E-state index is 0.420. The maximum atomic E-state index is 5.79. The molecule has 0 spiro atoms. The van der Waals surface area contributed by atoms with Gasteiger partial charge in [-0.15, -0.1) is 0 Å². The van der Waals surface area contributed by atoms with Crippen molar-refractivity contribution in [1.29, 1.82) is 0 Å². The molecule has 0 aromatic heterocycles. The van der Waals surface area contributed by atoms with Crippen LogP contribution < -0.4 is 15.2 Å². The molecule has 0 saturated carbocycles. The van der Waals surface area contributed by atoms with Crippen molar-refractivity contribution in [2.45, 2.75) is 0 Å². The summed E-state index contributed by atoms with van der Waals surface area (Å²) in [6.07, 6.45) is 0. The highest BCUT2D eigenvalue weighted by Gasteiger charge is 2.08. The largest absolute Gasteiger partial charge is 0.488 e. The van der Waals surface area contributed by atoms with Crippen LogP contribution in [-0.4, -0.2) is 13.2 Å². The molecule has 0 aliphatic carbocycles. The van der Waals surface area contributed by atoms with E-state index in [4.69, 9.17) is 15.2 Å². The fraction of sp³-hybridized carbons (Fsp3) is 0.143. The van der Waals surface area contributed by atoms with Gasteiger partial charge in [-0.2, -0.15) is 0 Å². The van der Waals surface area contributed by atoms with Crippen LogP contribution in [0.3, 0.4) is 0 Å². The van der Waals surface area contributed by atoms with Gasteiger partial charge in [0.15, 0.2) is 0 Å². The van der Waals surface area contributed by atoms with Crippen molar-refractivity contribution in [3.63, 3.8) is 0 Å². The van der Waals surface area contributed by atoms with Gasteiger partial charge < -0.3 is 15.2 Å². The van der Waals surface area contributed by atoms with Crippen molar-refractivity contribution < 1.29 is 9.47 Å². The Kier molecular flexibility index (Phi) is 5.74. The van der Waals surface area contributed by atoms with Gasteiger partial charge in [0, 0.05) is 4.47 Å². The zero-order valence-electron chi connectivity index (χ0n) is 10.4. The number of ether oxygens (including phenoxy) is 2. The third-order valence-corrected chi connectivity index (χ3v) is 4.11. The first-order valence-corrected chi connectivity index (χ1v) is 8.20. The number of para-hydroxylation sites is 2. The number of hydrogen-bond donors (Lipinski definition) is 1. The lowest BCUT2D eigenvalue weighted by Crippen LogP contribution is -2.10. The highest BCUT2D eigenvalue weighted by Crippen LogP contribution is 2.36. The van der Waals surface area contributed by atoms with Crippen LogP contribution in [0.2, 0.25) is 0 Å². The zero-order chi connectivity index (χ0) is 14.5. The van der Waals surface area contributed by atoms with Crippen molar-refractivity contribution in [3.8, 4) is 11.5 Å². The predicted molar refractivity (Wildman–Crippen MR) is 91.4 cm³/mol. The van der Waals surface area contributed by atoms with Gasteiger partial charge in [-0.25, -0.2) is 0 Å². The van der Waals surface area contributed by atoms with E-state index in [9.17, 15) is 0 Å². The second-order valence-electron chi connectivity index (χ2n) is 3.93. The second kappa shape index (κ2) is 7.33. The smallest absolute Gasteiger partial charge is 0.147 e. The molecule has 20 heavy (non-hydrogen) atoms. The average Bonchev–Trinajstić information content (AvgIpc) is 2.38. The van der Waals surface area contributed by atoms with Gasteiger partial charge in [0.2, 0.25) is 0 Å². The Morgan fingerprint density at radius 2 is 1.50 bits per heavy atom. The van der Waals surface area contributed by atoms with E-state index in [1.807, 2.05) is 30.3 Å². The summed E-state index contributed by atoms with van der Waals surface area (Å²) in [6, 6.07) is 11.2. The normalized spacial score (nSPS) is 10.3. The molecule has 2 aromatic carbocycles. The Morgan fingerprint density at radius 3 is 2.15 bits per heavy atom. The summed E-state index contributed by atoms with van der Waals surface area (Å²) in [4.78, 5) is 0. The molecule has 106 valence electrons. The molecule has 0 fully saturated rings. The number of rotatable bonds is 5. The molecule has 2 N–H and O–H groups in total. The summed E-state index contributed by atoms with van der Waals surface area (Å²) in [7, 11) is 0. The molecule has 3 nitrogen and oxygen atoms in total. The van der Waals surface area contributed by atoms with Gasteiger partial charge >= 0.3 is 0 Å². The van der Waals surface area contributed by atoms with Crippen LogP contribution in [0.4, 0.5) is 5.69 Å². The maximum Gasteiger partial charge on any atom is 0.147 e. The summed E-state index contributed by atoms with van der Waals surface area (Å²) >= 11 is 10.3. The Balaban J connectivity index is 1.90. The molecule has 2 aromatic rings. The molecule has 0 bridgehead atoms. The maximum absolute atomic E-state index is 5.79. The van der Waals surface area contributed by atoms with Gasteiger partial charge in [0.05, 0.1) is 14.6 Å². The number of nitrogens with two attached hydrogens (primary N) is 1. The van der Waals surface area contributed by atoms with Gasteiger partial charge in [-0.3, -0.25) is 0 Å². The lowest BCUT2D eigenvalue weighted by atomic mass is 10.3. The molecule has 0 aliphatic rings. The van der Waals surface area contributed by atoms with Crippen LogP contribution >= 0.6 is 47.8 Å². The highest BCUT2D eigenvalue weighted by atomic mass is 79.9. The molecule has 0 heterocycles. The molecular formula is C14H12Br3NO2. The van der Waals surface area contributed by atoms with Crippen molar-refractivity contribution in [1.82, 2.24) is 0 Å². The van der Waals surface area contributed by atoms with Crippen LogP contribution in [0.5, 0.6) is 11.5 Å². The summed E-state index contributed by atoms with van der Waals surface area (Å²) in [5, 5.41) is 0. The first-order chi connectivity index (χ1) is 9.58. The minimum Gasteiger partial charge on any atom is -0.488 e. The average molecular weight is 466 g/mol. The molecule has 0 radical (unpaired) electrons. The molecule has 0 unspecified atom stereocenters. The van der Waals surface area contributed by atoms with Crippen molar-refractivity contribution in [2.75, 3.05) is 18.9 Å². The van der Waals surface area contributed by atoms with Crippen LogP contribution in [0.25, 0.3) is 0 Å². The summed E-state index contributed by atoms with van der Waals surface area (Å²) in [5.74, 6) is 1.42. The lowest BCUT2D eigenvalue weighted by Gasteiger charge is -2.12. The van der Waals surface area contributed by atoms with E-state index in [0.717, 1.165) is 19.2 Å². The van der Waals surface area contributed by atoms with E-state index < -0.39 is 0 Å². The zero-order valence-corrected chi connectivity index (χ0v) is 15.2. The molecule has 0 atom stereocenters. The Labute approximate surface area is 142 Å². The van der Waals surface area contributed by atoms with Crippen LogP contribution in [0.15, 0.2) is 49.8 Å². The number of anilines is 1. The van der Waals surface area contributed by atoms with E-state index in [-0.39, 0.29) is 0 Å². The van der Waals surface area contributed by atoms with Crippen LogP contribution in [0, 0.1) is 0 Å². The summed E-state index contributed by atoms with van der Waals surface area (Å²) in [5.41, 5.74) is 6.42. The first kappa shape index (κ1) is 15.7. The number of halogens is 3. The lowest BCUT2D eigenvalue weighted by molar-refractivity contribution is 0.216. The van der Waals surface area contributed by atoms with Crippen molar-refractivity contribution in [2.24, 2.45) is 0 Å². The number of nitrogen functional groups attached to an aromatic ring is 1. The van der Waals surface area contributed by atoms with E-state index in [2.05, 4.69) is 47.8 Å². The van der Waals surface area contributed by atoms with Crippen LogP contribution in [0.1, 0.15) is 0 Å². The van der Waals surface area contributed by atoms with Crippen molar-refractivity contribution >= 4 is 53.5 Å². The van der Waals surface area contributed by atoms with E-state index in [1.54, 1.807) is 6.07 Å². The molecule has 0 amide bonds. The van der Waals surface area contributed by atoms with Crippen molar-refractivity contribution in [3.05, 3.63) is 49.8 Å². The molecule has 2 rings (SSSR count). The second-order valence-corrected chi connectivity index (χ2v) is 6.56. The fourth-order valence-electron chi connectivity index (χ4n) is 1.57. The summed E-state index contributed by atoms with van der Waals surface area (Å²) in [6.45, 7) is 0.844. The quantitative estimate of drug-likeness (QED) is 0.498. The molecule has 0 aliphatic heterocycles. The molecular weight excluding hydrogens is 454 g/mol. The van der Waals surface area contributed by atoms with Gasteiger partial charge in [0.1, 0.15) is 24.7 Å². The third kappa shape index (κ3) is 4.14. The summed E-state index contributed by atoms with van der Waals surface area (Å²) < 4.78 is 14.0. The SMILES string of the molecule is Nc1ccccc1OCCOc1c(Br)cc(Br)cc1Br.